The number of rotatable bonds is 4. The van der Waals surface area contributed by atoms with Crippen LogP contribution in [0.15, 0.2) is 18.2 Å². The van der Waals surface area contributed by atoms with Crippen LogP contribution in [-0.4, -0.2) is 18.1 Å². The Morgan fingerprint density at radius 3 is 2.75 bits per heavy atom. The van der Waals surface area contributed by atoms with Crippen LogP contribution in [0.1, 0.15) is 11.1 Å². The number of carbonyl (C=O) groups excluding carboxylic acids is 1. The summed E-state index contributed by atoms with van der Waals surface area (Å²) in [6.07, 6.45) is -0.887. The van der Waals surface area contributed by atoms with Crippen molar-refractivity contribution in [2.24, 2.45) is 5.73 Å². The molecular formula is C10H13N2O4+. The fourth-order valence-corrected chi connectivity index (χ4v) is 1.26. The molecule has 6 heteroatoms. The predicted octanol–water partition coefficient (Wildman–Crippen LogP) is 1.56. The Hall–Kier alpha value is -2.11. The van der Waals surface area contributed by atoms with E-state index in [9.17, 15) is 9.70 Å². The fourth-order valence-electron chi connectivity index (χ4n) is 1.26. The monoisotopic (exact) mass is 225 g/mol. The first-order valence-corrected chi connectivity index (χ1v) is 4.57. The molecule has 0 atom stereocenters. The largest absolute Gasteiger partial charge is 0.445 e. The number of nitrogens with two attached hydrogens (primary N) is 1. The van der Waals surface area contributed by atoms with Crippen LogP contribution in [-0.2, 0) is 16.2 Å². The van der Waals surface area contributed by atoms with Crippen molar-refractivity contribution in [3.05, 3.63) is 34.2 Å². The molecule has 0 bridgehead atoms. The number of hydrogen-bond donors (Lipinski definition) is 1. The van der Waals surface area contributed by atoms with E-state index < -0.39 is 6.09 Å². The number of hydrogen-bond acceptors (Lipinski definition) is 4. The van der Waals surface area contributed by atoms with Gasteiger partial charge in [0.2, 0.25) is 0 Å². The van der Waals surface area contributed by atoms with E-state index in [1.807, 2.05) is 6.92 Å². The molecule has 0 spiro atoms. The summed E-state index contributed by atoms with van der Waals surface area (Å²) in [7, 11) is 1.26. The van der Waals surface area contributed by atoms with Crippen molar-refractivity contribution >= 4 is 11.8 Å². The Morgan fingerprint density at radius 2 is 2.19 bits per heavy atom. The molecule has 16 heavy (non-hydrogen) atoms. The first-order chi connectivity index (χ1) is 7.54. The Balaban J connectivity index is 2.98. The summed E-state index contributed by atoms with van der Waals surface area (Å²) in [5.74, 6) is 0. The van der Waals surface area contributed by atoms with Gasteiger partial charge in [0.15, 0.2) is 7.11 Å². The van der Waals surface area contributed by atoms with Gasteiger partial charge in [-0.05, 0) is 13.0 Å². The van der Waals surface area contributed by atoms with Gasteiger partial charge in [-0.1, -0.05) is 11.6 Å². The minimum absolute atomic E-state index is 0.0611. The number of ether oxygens (including phenoxy) is 1. The zero-order valence-corrected chi connectivity index (χ0v) is 9.10. The second-order valence-corrected chi connectivity index (χ2v) is 3.18. The van der Waals surface area contributed by atoms with Gasteiger partial charge >= 0.3 is 11.8 Å². The maximum Gasteiger partial charge on any atom is 0.404 e. The molecule has 0 saturated heterocycles. The first-order valence-electron chi connectivity index (χ1n) is 4.57. The molecule has 0 fully saturated rings. The topological polar surface area (TPSA) is 81.6 Å². The summed E-state index contributed by atoms with van der Waals surface area (Å²) in [6, 6.07) is 5.07. The van der Waals surface area contributed by atoms with E-state index in [1.54, 1.807) is 18.2 Å². The molecule has 0 aromatic heterocycles. The van der Waals surface area contributed by atoms with Crippen molar-refractivity contribution in [3.8, 4) is 0 Å². The second kappa shape index (κ2) is 5.11. The third-order valence-corrected chi connectivity index (χ3v) is 1.97. The average Bonchev–Trinajstić information content (AvgIpc) is 2.25. The van der Waals surface area contributed by atoms with Gasteiger partial charge in [0.1, 0.15) is 6.61 Å². The van der Waals surface area contributed by atoms with Crippen LogP contribution in [0.4, 0.5) is 10.5 Å². The van der Waals surface area contributed by atoms with Crippen LogP contribution in [0.5, 0.6) is 0 Å². The van der Waals surface area contributed by atoms with Gasteiger partial charge < -0.3 is 10.5 Å². The molecule has 6 nitrogen and oxygen atoms in total. The van der Waals surface area contributed by atoms with Crippen molar-refractivity contribution in [1.82, 2.24) is 0 Å². The molecule has 1 amide bonds. The quantitative estimate of drug-likeness (QED) is 0.788. The van der Waals surface area contributed by atoms with Gasteiger partial charge in [-0.15, -0.1) is 0 Å². The number of benzene rings is 1. The highest BCUT2D eigenvalue weighted by Gasteiger charge is 2.20. The Bertz CT molecular complexity index is 417. The summed E-state index contributed by atoms with van der Waals surface area (Å²) >= 11 is 0. The van der Waals surface area contributed by atoms with Crippen LogP contribution in [0.3, 0.4) is 0 Å². The minimum Gasteiger partial charge on any atom is -0.445 e. The third-order valence-electron chi connectivity index (χ3n) is 1.97. The minimum atomic E-state index is -0.887. The van der Waals surface area contributed by atoms with Crippen molar-refractivity contribution in [2.45, 2.75) is 13.5 Å². The number of nitrogens with zero attached hydrogens (tertiary/aromatic N) is 1. The molecule has 0 unspecified atom stereocenters. The summed E-state index contributed by atoms with van der Waals surface area (Å²) < 4.78 is 4.64. The lowest BCUT2D eigenvalue weighted by Crippen LogP contribution is -2.13. The van der Waals surface area contributed by atoms with Crippen LogP contribution < -0.4 is 5.73 Å². The second-order valence-electron chi connectivity index (χ2n) is 3.18. The third kappa shape index (κ3) is 2.94. The van der Waals surface area contributed by atoms with Crippen molar-refractivity contribution < 1.29 is 19.3 Å². The molecule has 0 aliphatic rings. The fraction of sp³-hybridized carbons (Fsp3) is 0.300. The normalized spacial score (nSPS) is 9.62. The van der Waals surface area contributed by atoms with Gasteiger partial charge in [0.25, 0.3) is 4.92 Å². The molecule has 0 radical (unpaired) electrons. The van der Waals surface area contributed by atoms with Gasteiger partial charge in [0.05, 0.1) is 10.5 Å². The molecule has 0 heterocycles. The number of aryl methyl sites for hydroxylation is 1. The lowest BCUT2D eigenvalue weighted by molar-refractivity contribution is -0.737. The highest BCUT2D eigenvalue weighted by atomic mass is 16.8. The Kier molecular flexibility index (Phi) is 3.82. The number of amides is 1. The molecule has 0 aliphatic carbocycles. The van der Waals surface area contributed by atoms with Gasteiger partial charge in [-0.25, -0.2) is 9.63 Å². The average molecular weight is 225 g/mol. The number of primary amides is 1. The summed E-state index contributed by atoms with van der Waals surface area (Å²) in [5.41, 5.74) is 6.62. The molecule has 1 rings (SSSR count). The molecule has 1 aromatic carbocycles. The molecule has 86 valence electrons. The maximum absolute atomic E-state index is 11.3. The predicted molar refractivity (Wildman–Crippen MR) is 55.8 cm³/mol. The van der Waals surface area contributed by atoms with Crippen LogP contribution in [0.2, 0.25) is 0 Å². The van der Waals surface area contributed by atoms with Crippen molar-refractivity contribution in [2.75, 3.05) is 7.11 Å². The van der Waals surface area contributed by atoms with Crippen LogP contribution >= 0.6 is 0 Å². The van der Waals surface area contributed by atoms with Gasteiger partial charge in [-0.3, -0.25) is 0 Å². The highest BCUT2D eigenvalue weighted by molar-refractivity contribution is 5.64. The Labute approximate surface area is 92.5 Å². The smallest absolute Gasteiger partial charge is 0.404 e. The zero-order chi connectivity index (χ0) is 12.1. The van der Waals surface area contributed by atoms with E-state index in [0.717, 1.165) is 5.56 Å². The maximum atomic E-state index is 11.3. The molecular weight excluding hydrogens is 212 g/mol. The lowest BCUT2D eigenvalue weighted by atomic mass is 10.1. The molecule has 0 saturated carbocycles. The van der Waals surface area contributed by atoms with Crippen LogP contribution in [0, 0.1) is 11.8 Å². The lowest BCUT2D eigenvalue weighted by Gasteiger charge is -2.02. The summed E-state index contributed by atoms with van der Waals surface area (Å²) in [6.45, 7) is 1.80. The van der Waals surface area contributed by atoms with Gasteiger partial charge in [0, 0.05) is 6.07 Å². The molecule has 0 aliphatic heterocycles. The van der Waals surface area contributed by atoms with E-state index in [2.05, 4.69) is 9.57 Å². The highest BCUT2D eigenvalue weighted by Crippen LogP contribution is 2.21. The Morgan fingerprint density at radius 1 is 1.50 bits per heavy atom. The summed E-state index contributed by atoms with van der Waals surface area (Å²) in [4.78, 5) is 26.7. The number of carbonyl (C=O) groups is 1. The molecule has 1 aromatic rings. The molecule has 2 N–H and O–H groups in total. The standard InChI is InChI=1S/C10H12N2O4/c1-7-3-4-9(12(14)15-2)8(5-7)6-16-10(11)13/h3-5H,6H2,1-2H3,(H-,11,13)/p+1. The SMILES string of the molecule is CO[N+](=O)c1ccc(C)cc1COC(N)=O. The van der Waals surface area contributed by atoms with Crippen molar-refractivity contribution in [1.29, 1.82) is 0 Å². The van der Waals surface area contributed by atoms with E-state index >= 15 is 0 Å². The van der Waals surface area contributed by atoms with Crippen molar-refractivity contribution in [3.63, 3.8) is 0 Å². The van der Waals surface area contributed by atoms with Crippen LogP contribution in [0.25, 0.3) is 0 Å². The first kappa shape index (κ1) is 12.0. The van der Waals surface area contributed by atoms with Gasteiger partial charge in [-0.2, -0.15) is 0 Å². The van der Waals surface area contributed by atoms with E-state index in [0.29, 0.717) is 10.5 Å². The zero-order valence-electron chi connectivity index (χ0n) is 9.10. The summed E-state index contributed by atoms with van der Waals surface area (Å²) in [5, 5.41) is 0. The van der Waals surface area contributed by atoms with E-state index in [-0.39, 0.29) is 12.3 Å². The van der Waals surface area contributed by atoms with E-state index in [4.69, 9.17) is 5.73 Å². The van der Waals surface area contributed by atoms with E-state index in [1.165, 1.54) is 7.11 Å².